The van der Waals surface area contributed by atoms with Crippen molar-refractivity contribution in [2.75, 3.05) is 0 Å². The van der Waals surface area contributed by atoms with Gasteiger partial charge in [-0.15, -0.1) is 0 Å². The summed E-state index contributed by atoms with van der Waals surface area (Å²) in [4.78, 5) is 17.0. The third-order valence-electron chi connectivity index (χ3n) is 3.59. The molecule has 25 heavy (non-hydrogen) atoms. The van der Waals surface area contributed by atoms with Crippen LogP contribution in [0.4, 0.5) is 4.79 Å². The molecular weight excluding hydrogens is 316 g/mol. The molecule has 0 aliphatic rings. The lowest BCUT2D eigenvalue weighted by molar-refractivity contribution is 0.0513. The van der Waals surface area contributed by atoms with Crippen molar-refractivity contribution < 1.29 is 14.3 Å². The molecule has 5 heteroatoms. The van der Waals surface area contributed by atoms with Crippen LogP contribution in [0.2, 0.25) is 0 Å². The number of pyridine rings is 1. The Bertz CT molecular complexity index is 864. The van der Waals surface area contributed by atoms with Crippen molar-refractivity contribution >= 4 is 17.1 Å². The highest BCUT2D eigenvalue weighted by Gasteiger charge is 2.22. The van der Waals surface area contributed by atoms with Crippen LogP contribution >= 0.6 is 0 Å². The molecule has 0 N–H and O–H groups in total. The summed E-state index contributed by atoms with van der Waals surface area (Å²) < 4.78 is 12.9. The zero-order valence-corrected chi connectivity index (χ0v) is 14.7. The molecule has 0 radical (unpaired) electrons. The molecule has 2 heterocycles. The Balaban J connectivity index is 1.83. The predicted octanol–water partition coefficient (Wildman–Crippen LogP) is 4.54. The molecule has 0 unspecified atom stereocenters. The number of carbonyl (C=O) groups excluding carboxylic acids is 1. The zero-order chi connectivity index (χ0) is 17.9. The third kappa shape index (κ3) is 4.25. The summed E-state index contributed by atoms with van der Waals surface area (Å²) in [6.45, 7) is 6.32. The minimum Gasteiger partial charge on any atom is -0.443 e. The molecule has 0 fully saturated rings. The fourth-order valence-corrected chi connectivity index (χ4v) is 2.56. The third-order valence-corrected chi connectivity index (χ3v) is 3.59. The highest BCUT2D eigenvalue weighted by molar-refractivity contribution is 5.88. The van der Waals surface area contributed by atoms with Crippen molar-refractivity contribution in [1.82, 2.24) is 9.55 Å². The van der Waals surface area contributed by atoms with Crippen LogP contribution in [0.5, 0.6) is 0 Å². The van der Waals surface area contributed by atoms with Gasteiger partial charge < -0.3 is 9.47 Å². The molecule has 0 amide bonds. The van der Waals surface area contributed by atoms with E-state index in [1.807, 2.05) is 63.2 Å². The summed E-state index contributed by atoms with van der Waals surface area (Å²) in [6.07, 6.45) is 1.28. The Kier molecular flexibility index (Phi) is 4.86. The van der Waals surface area contributed by atoms with Crippen LogP contribution in [0.3, 0.4) is 0 Å². The van der Waals surface area contributed by atoms with Crippen molar-refractivity contribution in [3.8, 4) is 0 Å². The summed E-state index contributed by atoms with van der Waals surface area (Å²) in [5.74, 6) is 0. The lowest BCUT2D eigenvalue weighted by Gasteiger charge is -2.21. The van der Waals surface area contributed by atoms with Gasteiger partial charge in [0, 0.05) is 6.20 Å². The Labute approximate surface area is 147 Å². The minimum atomic E-state index is -0.571. The predicted molar refractivity (Wildman–Crippen MR) is 96.3 cm³/mol. The summed E-state index contributed by atoms with van der Waals surface area (Å²) in [6, 6.07) is 15.4. The maximum Gasteiger partial charge on any atom is 0.419 e. The van der Waals surface area contributed by atoms with Gasteiger partial charge in [0.05, 0.1) is 29.9 Å². The second-order valence-corrected chi connectivity index (χ2v) is 6.84. The molecule has 3 rings (SSSR count). The highest BCUT2D eigenvalue weighted by atomic mass is 16.6. The Morgan fingerprint density at radius 1 is 1.08 bits per heavy atom. The maximum atomic E-state index is 12.6. The van der Waals surface area contributed by atoms with Gasteiger partial charge in [-0.3, -0.25) is 4.98 Å². The summed E-state index contributed by atoms with van der Waals surface area (Å²) in [7, 11) is 0. The van der Waals surface area contributed by atoms with Crippen LogP contribution in [0.15, 0.2) is 54.7 Å². The molecule has 0 aliphatic carbocycles. The Morgan fingerprint density at radius 2 is 1.84 bits per heavy atom. The second kappa shape index (κ2) is 7.07. The quantitative estimate of drug-likeness (QED) is 0.701. The van der Waals surface area contributed by atoms with Gasteiger partial charge in [-0.25, -0.2) is 9.36 Å². The normalized spacial score (nSPS) is 11.6. The zero-order valence-electron chi connectivity index (χ0n) is 14.7. The molecule has 0 saturated carbocycles. The number of carbonyl (C=O) groups is 1. The fraction of sp³-hybridized carbons (Fsp3) is 0.300. The van der Waals surface area contributed by atoms with Crippen molar-refractivity contribution in [3.63, 3.8) is 0 Å². The van der Waals surface area contributed by atoms with E-state index in [0.29, 0.717) is 13.2 Å². The SMILES string of the molecule is CC(C)(C)OC(=O)n1c(COCc2ccccc2)cc2ncccc21. The van der Waals surface area contributed by atoms with Gasteiger partial charge in [-0.05, 0) is 44.5 Å². The molecule has 0 saturated heterocycles. The topological polar surface area (TPSA) is 53.4 Å². The van der Waals surface area contributed by atoms with Crippen LogP contribution in [-0.4, -0.2) is 21.2 Å². The van der Waals surface area contributed by atoms with Gasteiger partial charge in [0.1, 0.15) is 5.60 Å². The Morgan fingerprint density at radius 3 is 2.56 bits per heavy atom. The molecule has 0 atom stereocenters. The molecule has 5 nitrogen and oxygen atoms in total. The van der Waals surface area contributed by atoms with Crippen LogP contribution < -0.4 is 0 Å². The van der Waals surface area contributed by atoms with Crippen molar-refractivity contribution in [2.24, 2.45) is 0 Å². The van der Waals surface area contributed by atoms with E-state index >= 15 is 0 Å². The van der Waals surface area contributed by atoms with Gasteiger partial charge in [0.15, 0.2) is 0 Å². The standard InChI is InChI=1S/C20H22N2O3/c1-20(2,3)25-19(23)22-16(12-17-18(22)10-7-11-21-17)14-24-13-15-8-5-4-6-9-15/h4-12H,13-14H2,1-3H3. The van der Waals surface area contributed by atoms with E-state index in [-0.39, 0.29) is 0 Å². The number of hydrogen-bond donors (Lipinski definition) is 0. The van der Waals surface area contributed by atoms with Gasteiger partial charge in [-0.1, -0.05) is 30.3 Å². The van der Waals surface area contributed by atoms with Crippen molar-refractivity contribution in [3.05, 3.63) is 66.0 Å². The first-order valence-electron chi connectivity index (χ1n) is 8.24. The van der Waals surface area contributed by atoms with Crippen LogP contribution in [-0.2, 0) is 22.7 Å². The smallest absolute Gasteiger partial charge is 0.419 e. The largest absolute Gasteiger partial charge is 0.443 e. The van der Waals surface area contributed by atoms with Crippen LogP contribution in [0.25, 0.3) is 11.0 Å². The molecule has 0 aliphatic heterocycles. The highest BCUT2D eigenvalue weighted by Crippen LogP contribution is 2.21. The van der Waals surface area contributed by atoms with Gasteiger partial charge in [0.2, 0.25) is 0 Å². The summed E-state index contributed by atoms with van der Waals surface area (Å²) in [5.41, 5.74) is 2.69. The van der Waals surface area contributed by atoms with E-state index in [1.165, 1.54) is 0 Å². The second-order valence-electron chi connectivity index (χ2n) is 6.84. The summed E-state index contributed by atoms with van der Waals surface area (Å²) >= 11 is 0. The van der Waals surface area contributed by atoms with E-state index < -0.39 is 11.7 Å². The first-order valence-corrected chi connectivity index (χ1v) is 8.24. The van der Waals surface area contributed by atoms with E-state index in [4.69, 9.17) is 9.47 Å². The number of ether oxygens (including phenoxy) is 2. The number of nitrogens with zero attached hydrogens (tertiary/aromatic N) is 2. The number of fused-ring (bicyclic) bond motifs is 1. The Hall–Kier alpha value is -2.66. The number of hydrogen-bond acceptors (Lipinski definition) is 4. The first-order chi connectivity index (χ1) is 11.9. The fourth-order valence-electron chi connectivity index (χ4n) is 2.56. The van der Waals surface area contributed by atoms with E-state index in [0.717, 1.165) is 22.3 Å². The molecule has 130 valence electrons. The lowest BCUT2D eigenvalue weighted by Crippen LogP contribution is -2.28. The van der Waals surface area contributed by atoms with Crippen molar-refractivity contribution in [2.45, 2.75) is 39.6 Å². The number of benzene rings is 1. The van der Waals surface area contributed by atoms with Crippen molar-refractivity contribution in [1.29, 1.82) is 0 Å². The molecule has 1 aromatic carbocycles. The first kappa shape index (κ1) is 17.2. The number of aromatic nitrogens is 2. The molecular formula is C20H22N2O3. The van der Waals surface area contributed by atoms with E-state index in [1.54, 1.807) is 16.8 Å². The monoisotopic (exact) mass is 338 g/mol. The minimum absolute atomic E-state index is 0.296. The van der Waals surface area contributed by atoms with Gasteiger partial charge in [0.25, 0.3) is 0 Å². The van der Waals surface area contributed by atoms with E-state index in [9.17, 15) is 4.79 Å². The van der Waals surface area contributed by atoms with Crippen LogP contribution in [0, 0.1) is 0 Å². The maximum absolute atomic E-state index is 12.6. The molecule has 2 aromatic heterocycles. The number of rotatable bonds is 4. The van der Waals surface area contributed by atoms with Crippen LogP contribution in [0.1, 0.15) is 32.0 Å². The average molecular weight is 338 g/mol. The molecule has 3 aromatic rings. The van der Waals surface area contributed by atoms with Gasteiger partial charge in [-0.2, -0.15) is 0 Å². The lowest BCUT2D eigenvalue weighted by atomic mass is 10.2. The van der Waals surface area contributed by atoms with E-state index in [2.05, 4.69) is 4.98 Å². The molecule has 0 bridgehead atoms. The molecule has 0 spiro atoms. The summed E-state index contributed by atoms with van der Waals surface area (Å²) in [5, 5.41) is 0. The average Bonchev–Trinajstić information content (AvgIpc) is 2.92. The van der Waals surface area contributed by atoms with Gasteiger partial charge >= 0.3 is 6.09 Å².